The van der Waals surface area contributed by atoms with Gasteiger partial charge >= 0.3 is 5.69 Å². The number of nitrogens with zero attached hydrogens (tertiary/aromatic N) is 3. The molecule has 0 bridgehead atoms. The molecule has 3 aromatic rings. The van der Waals surface area contributed by atoms with Gasteiger partial charge in [0, 0.05) is 18.1 Å². The van der Waals surface area contributed by atoms with Crippen LogP contribution in [0.2, 0.25) is 0 Å². The Morgan fingerprint density at radius 1 is 1.03 bits per heavy atom. The normalized spacial score (nSPS) is 21.8. The summed E-state index contributed by atoms with van der Waals surface area (Å²) in [6, 6.07) is 9.30. The summed E-state index contributed by atoms with van der Waals surface area (Å²) in [5, 5.41) is 13.4. The molecule has 36 heavy (non-hydrogen) atoms. The Morgan fingerprint density at radius 2 is 1.69 bits per heavy atom. The fraction of sp³-hybridized carbons (Fsp3) is 0.462. The van der Waals surface area contributed by atoms with Crippen molar-refractivity contribution >= 4 is 28.7 Å². The van der Waals surface area contributed by atoms with Gasteiger partial charge in [-0.2, -0.15) is 11.8 Å². The van der Waals surface area contributed by atoms with Crippen molar-refractivity contribution in [1.29, 1.82) is 0 Å². The molecular weight excluding hydrogens is 483 g/mol. The first-order chi connectivity index (χ1) is 17.4. The molecular formula is C26H29FN4O4S. The zero-order valence-electron chi connectivity index (χ0n) is 19.8. The molecule has 1 atom stereocenters. The van der Waals surface area contributed by atoms with Gasteiger partial charge < -0.3 is 10.4 Å². The van der Waals surface area contributed by atoms with E-state index in [1.54, 1.807) is 28.8 Å². The molecule has 2 N–H and O–H groups in total. The van der Waals surface area contributed by atoms with E-state index < -0.39 is 29.1 Å². The molecule has 2 fully saturated rings. The molecule has 5 rings (SSSR count). The van der Waals surface area contributed by atoms with Crippen molar-refractivity contribution in [3.8, 4) is 0 Å². The van der Waals surface area contributed by atoms with Gasteiger partial charge in [-0.3, -0.25) is 18.7 Å². The first kappa shape index (κ1) is 24.7. The van der Waals surface area contributed by atoms with E-state index in [0.717, 1.165) is 30.5 Å². The van der Waals surface area contributed by atoms with Crippen LogP contribution >= 0.6 is 11.8 Å². The SMILES string of the molecule is O=C(N[C@H]1CC[C@@H](n2c(=O)c3cc(F)cnc3n(C3CCSCC3)c2=O)CC1)C(O)c1ccccc1. The van der Waals surface area contributed by atoms with Crippen molar-refractivity contribution in [3.63, 3.8) is 0 Å². The van der Waals surface area contributed by atoms with Gasteiger partial charge in [0.05, 0.1) is 11.6 Å². The van der Waals surface area contributed by atoms with Crippen molar-refractivity contribution in [1.82, 2.24) is 19.4 Å². The summed E-state index contributed by atoms with van der Waals surface area (Å²) in [6.45, 7) is 0. The van der Waals surface area contributed by atoms with Crippen LogP contribution in [-0.4, -0.2) is 42.7 Å². The van der Waals surface area contributed by atoms with Crippen molar-refractivity contribution in [2.45, 2.75) is 62.8 Å². The molecule has 10 heteroatoms. The lowest BCUT2D eigenvalue weighted by Crippen LogP contribution is -2.47. The largest absolute Gasteiger partial charge is 0.378 e. The average molecular weight is 513 g/mol. The molecule has 1 saturated carbocycles. The highest BCUT2D eigenvalue weighted by Crippen LogP contribution is 2.30. The number of nitrogens with one attached hydrogen (secondary N) is 1. The molecule has 2 aliphatic rings. The average Bonchev–Trinajstić information content (AvgIpc) is 2.91. The van der Waals surface area contributed by atoms with Crippen LogP contribution in [0.3, 0.4) is 0 Å². The number of halogens is 1. The smallest absolute Gasteiger partial charge is 0.333 e. The summed E-state index contributed by atoms with van der Waals surface area (Å²) in [6.07, 6.45) is 3.52. The Labute approximate surface area is 211 Å². The number of fused-ring (bicyclic) bond motifs is 1. The Hall–Kier alpha value is -2.98. The number of hydrogen-bond acceptors (Lipinski definition) is 6. The van der Waals surface area contributed by atoms with Crippen LogP contribution < -0.4 is 16.6 Å². The first-order valence-corrected chi connectivity index (χ1v) is 13.5. The van der Waals surface area contributed by atoms with Crippen LogP contribution in [-0.2, 0) is 4.79 Å². The second-order valence-corrected chi connectivity index (χ2v) is 10.7. The highest BCUT2D eigenvalue weighted by molar-refractivity contribution is 7.99. The van der Waals surface area contributed by atoms with Gasteiger partial charge in [-0.05, 0) is 61.7 Å². The maximum Gasteiger partial charge on any atom is 0.333 e. The van der Waals surface area contributed by atoms with Crippen LogP contribution in [0.25, 0.3) is 11.0 Å². The monoisotopic (exact) mass is 512 g/mol. The number of carbonyl (C=O) groups excluding carboxylic acids is 1. The Balaban J connectivity index is 1.38. The first-order valence-electron chi connectivity index (χ1n) is 12.4. The Bertz CT molecular complexity index is 1360. The summed E-state index contributed by atoms with van der Waals surface area (Å²) < 4.78 is 16.9. The molecule has 1 aromatic carbocycles. The molecule has 0 radical (unpaired) electrons. The van der Waals surface area contributed by atoms with Crippen molar-refractivity contribution in [3.05, 3.63) is 74.8 Å². The number of aliphatic hydroxyl groups excluding tert-OH is 1. The van der Waals surface area contributed by atoms with E-state index in [9.17, 15) is 23.9 Å². The van der Waals surface area contributed by atoms with E-state index in [0.29, 0.717) is 31.2 Å². The minimum atomic E-state index is -1.25. The molecule has 3 heterocycles. The lowest BCUT2D eigenvalue weighted by molar-refractivity contribution is -0.130. The number of rotatable bonds is 5. The second-order valence-electron chi connectivity index (χ2n) is 9.52. The highest BCUT2D eigenvalue weighted by atomic mass is 32.2. The number of aromatic nitrogens is 3. The third-order valence-corrected chi connectivity index (χ3v) is 8.30. The van der Waals surface area contributed by atoms with Crippen LogP contribution in [0.15, 0.2) is 52.2 Å². The predicted octanol–water partition coefficient (Wildman–Crippen LogP) is 3.10. The molecule has 1 aliphatic heterocycles. The van der Waals surface area contributed by atoms with Gasteiger partial charge in [-0.15, -0.1) is 0 Å². The standard InChI is InChI=1S/C26H29FN4O4S/c27-17-14-21-23(28-15-17)30(20-10-12-36-13-11-20)26(35)31(25(21)34)19-8-6-18(7-9-19)29-24(33)22(32)16-4-2-1-3-5-16/h1-5,14-15,18-20,22,32H,6-13H2,(H,29,33)/t18-,19+,22?. The molecule has 1 saturated heterocycles. The molecule has 8 nitrogen and oxygen atoms in total. The molecule has 190 valence electrons. The van der Waals surface area contributed by atoms with Crippen molar-refractivity contribution in [2.75, 3.05) is 11.5 Å². The van der Waals surface area contributed by atoms with Gasteiger partial charge in [0.1, 0.15) is 11.5 Å². The molecule has 1 aliphatic carbocycles. The number of carbonyl (C=O) groups is 1. The molecule has 0 spiro atoms. The number of pyridine rings is 1. The van der Waals surface area contributed by atoms with E-state index in [2.05, 4.69) is 10.3 Å². The van der Waals surface area contributed by atoms with Crippen molar-refractivity contribution in [2.24, 2.45) is 0 Å². The fourth-order valence-electron chi connectivity index (χ4n) is 5.34. The Kier molecular flexibility index (Phi) is 7.25. The third-order valence-electron chi connectivity index (χ3n) is 7.25. The number of aliphatic hydroxyl groups is 1. The van der Waals surface area contributed by atoms with Gasteiger partial charge in [-0.1, -0.05) is 30.3 Å². The van der Waals surface area contributed by atoms with Gasteiger partial charge in [0.2, 0.25) is 0 Å². The van der Waals surface area contributed by atoms with E-state index in [1.807, 2.05) is 17.8 Å². The summed E-state index contributed by atoms with van der Waals surface area (Å²) in [7, 11) is 0. The fourth-order valence-corrected chi connectivity index (χ4v) is 6.43. The highest BCUT2D eigenvalue weighted by Gasteiger charge is 2.30. The summed E-state index contributed by atoms with van der Waals surface area (Å²) in [5.41, 5.74) is -0.143. The zero-order chi connectivity index (χ0) is 25.2. The number of amides is 1. The molecule has 2 aromatic heterocycles. The van der Waals surface area contributed by atoms with Crippen LogP contribution in [0.4, 0.5) is 4.39 Å². The summed E-state index contributed by atoms with van der Waals surface area (Å²) >= 11 is 1.83. The summed E-state index contributed by atoms with van der Waals surface area (Å²) in [5.74, 6) is 0.752. The lowest BCUT2D eigenvalue weighted by atomic mass is 9.90. The van der Waals surface area contributed by atoms with Gasteiger partial charge in [0.25, 0.3) is 11.5 Å². The summed E-state index contributed by atoms with van der Waals surface area (Å²) in [4.78, 5) is 43.8. The van der Waals surface area contributed by atoms with Crippen LogP contribution in [0, 0.1) is 5.82 Å². The van der Waals surface area contributed by atoms with E-state index >= 15 is 0 Å². The number of hydrogen-bond donors (Lipinski definition) is 2. The van der Waals surface area contributed by atoms with E-state index in [4.69, 9.17) is 0 Å². The quantitative estimate of drug-likeness (QED) is 0.544. The lowest BCUT2D eigenvalue weighted by Gasteiger charge is -2.32. The maximum absolute atomic E-state index is 14.1. The Morgan fingerprint density at radius 3 is 2.39 bits per heavy atom. The molecule has 1 amide bonds. The minimum absolute atomic E-state index is 0.0823. The topological polar surface area (TPSA) is 106 Å². The van der Waals surface area contributed by atoms with E-state index in [-0.39, 0.29) is 29.2 Å². The minimum Gasteiger partial charge on any atom is -0.378 e. The second kappa shape index (κ2) is 10.6. The predicted molar refractivity (Wildman–Crippen MR) is 137 cm³/mol. The van der Waals surface area contributed by atoms with E-state index in [1.165, 1.54) is 10.6 Å². The zero-order valence-corrected chi connectivity index (χ0v) is 20.6. The maximum atomic E-state index is 14.1. The van der Waals surface area contributed by atoms with Gasteiger partial charge in [-0.25, -0.2) is 14.2 Å². The molecule has 1 unspecified atom stereocenters. The third kappa shape index (κ3) is 4.84. The van der Waals surface area contributed by atoms with Crippen molar-refractivity contribution < 1.29 is 14.3 Å². The van der Waals surface area contributed by atoms with Crippen LogP contribution in [0.5, 0.6) is 0 Å². The van der Waals surface area contributed by atoms with Crippen LogP contribution in [0.1, 0.15) is 62.3 Å². The number of thioether (sulfide) groups is 1. The number of benzene rings is 1. The van der Waals surface area contributed by atoms with Gasteiger partial charge in [0.15, 0.2) is 6.10 Å².